The Hall–Kier alpha value is -2.10. The van der Waals surface area contributed by atoms with E-state index in [9.17, 15) is 9.59 Å². The van der Waals surface area contributed by atoms with Crippen LogP contribution in [0.2, 0.25) is 0 Å². The van der Waals surface area contributed by atoms with Gasteiger partial charge in [0.15, 0.2) is 0 Å². The molecule has 1 aromatic carbocycles. The van der Waals surface area contributed by atoms with E-state index in [0.717, 1.165) is 44.2 Å². The molecule has 1 aliphatic heterocycles. The second kappa shape index (κ2) is 9.20. The predicted octanol–water partition coefficient (Wildman–Crippen LogP) is 3.98. The average Bonchev–Trinajstić information content (AvgIpc) is 3.52. The first-order valence-corrected chi connectivity index (χ1v) is 10.4. The highest BCUT2D eigenvalue weighted by Crippen LogP contribution is 2.31. The highest BCUT2D eigenvalue weighted by atomic mass is 16.2. The minimum absolute atomic E-state index is 0.0450. The number of likely N-dealkylation sites (tertiary alicyclic amines) is 1. The summed E-state index contributed by atoms with van der Waals surface area (Å²) in [4.78, 5) is 29.4. The lowest BCUT2D eigenvalue weighted by Crippen LogP contribution is -2.45. The van der Waals surface area contributed by atoms with Gasteiger partial charge in [-0.25, -0.2) is 0 Å². The predicted molar refractivity (Wildman–Crippen MR) is 109 cm³/mol. The van der Waals surface area contributed by atoms with Crippen molar-refractivity contribution < 1.29 is 9.59 Å². The number of rotatable bonds is 7. The molecule has 4 heteroatoms. The van der Waals surface area contributed by atoms with Crippen molar-refractivity contribution in [3.63, 3.8) is 0 Å². The Balaban J connectivity index is 1.49. The third-order valence-electron chi connectivity index (χ3n) is 5.59. The maximum atomic E-state index is 13.0. The number of hydrogen-bond acceptors (Lipinski definition) is 2. The normalized spacial score (nSPS) is 18.3. The van der Waals surface area contributed by atoms with Gasteiger partial charge in [0, 0.05) is 37.7 Å². The van der Waals surface area contributed by atoms with Gasteiger partial charge >= 0.3 is 0 Å². The quantitative estimate of drug-likeness (QED) is 0.683. The van der Waals surface area contributed by atoms with Crippen molar-refractivity contribution in [2.24, 2.45) is 11.8 Å². The second-order valence-electron chi connectivity index (χ2n) is 8.29. The zero-order valence-corrected chi connectivity index (χ0v) is 16.6. The molecule has 1 aliphatic carbocycles. The minimum Gasteiger partial charge on any atom is -0.339 e. The molecule has 2 aliphatic rings. The fraction of sp³-hybridized carbons (Fsp3) is 0.565. The van der Waals surface area contributed by atoms with E-state index in [4.69, 9.17) is 0 Å². The number of carbonyl (C=O) groups excluding carboxylic acids is 2. The molecule has 0 aromatic heterocycles. The molecule has 1 saturated carbocycles. The Morgan fingerprint density at radius 3 is 2.37 bits per heavy atom. The number of nitrogens with zero attached hydrogens (tertiary/aromatic N) is 2. The maximum absolute atomic E-state index is 13.0. The van der Waals surface area contributed by atoms with Gasteiger partial charge in [0.1, 0.15) is 0 Å². The van der Waals surface area contributed by atoms with Crippen molar-refractivity contribution in [3.8, 4) is 0 Å². The van der Waals surface area contributed by atoms with Gasteiger partial charge in [0.05, 0.1) is 0 Å². The minimum atomic E-state index is 0.0450. The van der Waals surface area contributed by atoms with Gasteiger partial charge in [-0.15, -0.1) is 0 Å². The molecule has 27 heavy (non-hydrogen) atoms. The Morgan fingerprint density at radius 1 is 1.11 bits per heavy atom. The molecule has 2 fully saturated rings. The molecular formula is C23H32N2O2. The SMILES string of the molecule is CC(C)CCN(C(=O)C1CCN(C(=O)/C=C/c2ccccc2)CC1)C1CC1. The van der Waals surface area contributed by atoms with Crippen LogP contribution in [0.4, 0.5) is 0 Å². The molecule has 146 valence electrons. The van der Waals surface area contributed by atoms with Crippen molar-refractivity contribution in [1.82, 2.24) is 9.80 Å². The standard InChI is InChI=1S/C23H32N2O2/c1-18(2)12-17-25(21-9-10-21)23(27)20-13-15-24(16-14-20)22(26)11-8-19-6-4-3-5-7-19/h3-8,11,18,20-21H,9-10,12-17H2,1-2H3/b11-8+. The molecule has 1 heterocycles. The molecule has 0 bridgehead atoms. The zero-order chi connectivity index (χ0) is 19.2. The Labute approximate surface area is 163 Å². The lowest BCUT2D eigenvalue weighted by molar-refractivity contribution is -0.140. The number of hydrogen-bond donors (Lipinski definition) is 0. The molecule has 0 unspecified atom stereocenters. The lowest BCUT2D eigenvalue weighted by Gasteiger charge is -2.34. The monoisotopic (exact) mass is 368 g/mol. The first kappa shape index (κ1) is 19.7. The molecule has 3 rings (SSSR count). The highest BCUT2D eigenvalue weighted by molar-refractivity contribution is 5.92. The summed E-state index contributed by atoms with van der Waals surface area (Å²) < 4.78 is 0. The summed E-state index contributed by atoms with van der Waals surface area (Å²) in [5, 5.41) is 0. The summed E-state index contributed by atoms with van der Waals surface area (Å²) >= 11 is 0. The van der Waals surface area contributed by atoms with E-state index in [2.05, 4.69) is 18.7 Å². The van der Waals surface area contributed by atoms with Gasteiger partial charge in [-0.2, -0.15) is 0 Å². The molecule has 0 spiro atoms. The van der Waals surface area contributed by atoms with Gasteiger partial charge in [0.25, 0.3) is 0 Å². The molecule has 0 radical (unpaired) electrons. The summed E-state index contributed by atoms with van der Waals surface area (Å²) in [7, 11) is 0. The number of piperidine rings is 1. The summed E-state index contributed by atoms with van der Waals surface area (Å²) in [5.41, 5.74) is 1.03. The van der Waals surface area contributed by atoms with Gasteiger partial charge in [-0.1, -0.05) is 44.2 Å². The fourth-order valence-corrected chi connectivity index (χ4v) is 3.67. The maximum Gasteiger partial charge on any atom is 0.246 e. The van der Waals surface area contributed by atoms with Crippen LogP contribution in [0.3, 0.4) is 0 Å². The van der Waals surface area contributed by atoms with Crippen LogP contribution in [0.5, 0.6) is 0 Å². The summed E-state index contributed by atoms with van der Waals surface area (Å²) in [6.45, 7) is 6.67. The van der Waals surface area contributed by atoms with Crippen molar-refractivity contribution in [1.29, 1.82) is 0 Å². The van der Waals surface area contributed by atoms with Crippen LogP contribution < -0.4 is 0 Å². The van der Waals surface area contributed by atoms with Crippen molar-refractivity contribution >= 4 is 17.9 Å². The van der Waals surface area contributed by atoms with Crippen LogP contribution in [-0.2, 0) is 9.59 Å². The van der Waals surface area contributed by atoms with E-state index in [1.165, 1.54) is 0 Å². The van der Waals surface area contributed by atoms with E-state index in [1.807, 2.05) is 41.3 Å². The number of benzene rings is 1. The average molecular weight is 369 g/mol. The van der Waals surface area contributed by atoms with Crippen molar-refractivity contribution in [2.45, 2.75) is 52.0 Å². The molecule has 0 N–H and O–H groups in total. The van der Waals surface area contributed by atoms with Gasteiger partial charge < -0.3 is 9.80 Å². The van der Waals surface area contributed by atoms with Crippen LogP contribution in [0.1, 0.15) is 51.5 Å². The third kappa shape index (κ3) is 5.69. The Bertz CT molecular complexity index is 656. The van der Waals surface area contributed by atoms with Crippen LogP contribution in [0, 0.1) is 11.8 Å². The third-order valence-corrected chi connectivity index (χ3v) is 5.59. The Kier molecular flexibility index (Phi) is 6.70. The van der Waals surface area contributed by atoms with Crippen molar-refractivity contribution in [3.05, 3.63) is 42.0 Å². The van der Waals surface area contributed by atoms with Crippen LogP contribution in [0.25, 0.3) is 6.08 Å². The van der Waals surface area contributed by atoms with Crippen LogP contribution in [0.15, 0.2) is 36.4 Å². The summed E-state index contributed by atoms with van der Waals surface area (Å²) in [5.74, 6) is 1.07. The van der Waals surface area contributed by atoms with Crippen LogP contribution >= 0.6 is 0 Å². The van der Waals surface area contributed by atoms with Crippen molar-refractivity contribution in [2.75, 3.05) is 19.6 Å². The van der Waals surface area contributed by atoms with E-state index >= 15 is 0 Å². The highest BCUT2D eigenvalue weighted by Gasteiger charge is 2.37. The first-order chi connectivity index (χ1) is 13.0. The van der Waals surface area contributed by atoms with Gasteiger partial charge in [-0.3, -0.25) is 9.59 Å². The largest absolute Gasteiger partial charge is 0.339 e. The van der Waals surface area contributed by atoms with E-state index < -0.39 is 0 Å². The second-order valence-corrected chi connectivity index (χ2v) is 8.29. The lowest BCUT2D eigenvalue weighted by atomic mass is 9.94. The van der Waals surface area contributed by atoms with E-state index in [-0.39, 0.29) is 11.8 Å². The topological polar surface area (TPSA) is 40.6 Å². The summed E-state index contributed by atoms with van der Waals surface area (Å²) in [6, 6.07) is 10.3. The molecular weight excluding hydrogens is 336 g/mol. The Morgan fingerprint density at radius 2 is 1.78 bits per heavy atom. The van der Waals surface area contributed by atoms with Crippen LogP contribution in [-0.4, -0.2) is 47.3 Å². The number of carbonyl (C=O) groups is 2. The van der Waals surface area contributed by atoms with E-state index in [1.54, 1.807) is 6.08 Å². The fourth-order valence-electron chi connectivity index (χ4n) is 3.67. The first-order valence-electron chi connectivity index (χ1n) is 10.4. The number of amides is 2. The molecule has 0 atom stereocenters. The molecule has 2 amide bonds. The molecule has 1 aromatic rings. The molecule has 1 saturated heterocycles. The van der Waals surface area contributed by atoms with Gasteiger partial charge in [0.2, 0.25) is 11.8 Å². The van der Waals surface area contributed by atoms with E-state index in [0.29, 0.717) is 31.0 Å². The zero-order valence-electron chi connectivity index (χ0n) is 16.6. The molecule has 4 nitrogen and oxygen atoms in total. The smallest absolute Gasteiger partial charge is 0.246 e. The van der Waals surface area contributed by atoms with Gasteiger partial charge in [-0.05, 0) is 49.7 Å². The summed E-state index contributed by atoms with van der Waals surface area (Å²) in [6.07, 6.45) is 8.47.